The molecule has 0 bridgehead atoms. The lowest BCUT2D eigenvalue weighted by molar-refractivity contribution is -0.116. The van der Waals surface area contributed by atoms with Gasteiger partial charge < -0.3 is 15.0 Å². The molecular formula is C18H20F2N4O2. The van der Waals surface area contributed by atoms with Crippen LogP contribution in [0, 0.1) is 0 Å². The molecule has 0 radical (unpaired) electrons. The zero-order chi connectivity index (χ0) is 18.1. The van der Waals surface area contributed by atoms with Crippen LogP contribution in [0.2, 0.25) is 0 Å². The highest BCUT2D eigenvalue weighted by Crippen LogP contribution is 2.36. The summed E-state index contributed by atoms with van der Waals surface area (Å²) < 4.78 is 32.5. The first kappa shape index (κ1) is 16.9. The zero-order valence-corrected chi connectivity index (χ0v) is 14.2. The first-order valence-electron chi connectivity index (χ1n) is 8.85. The SMILES string of the molecule is O=C(/C=C/c1c[nH]c2ncnc(OC3CCC(F)(F)CC3)c12)NC1CC1. The quantitative estimate of drug-likeness (QED) is 0.801. The topological polar surface area (TPSA) is 79.9 Å². The summed E-state index contributed by atoms with van der Waals surface area (Å²) in [5.74, 6) is -2.39. The van der Waals surface area contributed by atoms with E-state index in [-0.39, 0.29) is 37.7 Å². The van der Waals surface area contributed by atoms with E-state index in [9.17, 15) is 13.6 Å². The van der Waals surface area contributed by atoms with Gasteiger partial charge in [-0.3, -0.25) is 4.79 Å². The van der Waals surface area contributed by atoms with Crippen LogP contribution in [0.3, 0.4) is 0 Å². The summed E-state index contributed by atoms with van der Waals surface area (Å²) in [6.45, 7) is 0. The number of carbonyl (C=O) groups excluding carboxylic acids is 1. The van der Waals surface area contributed by atoms with E-state index in [2.05, 4.69) is 20.3 Å². The predicted octanol–water partition coefficient (Wildman–Crippen LogP) is 3.21. The maximum atomic E-state index is 13.3. The first-order chi connectivity index (χ1) is 12.5. The Kier molecular flexibility index (Phi) is 4.34. The van der Waals surface area contributed by atoms with Crippen LogP contribution in [0.4, 0.5) is 8.78 Å². The molecule has 6 nitrogen and oxygen atoms in total. The van der Waals surface area contributed by atoms with Crippen molar-refractivity contribution in [2.24, 2.45) is 0 Å². The fourth-order valence-electron chi connectivity index (χ4n) is 3.11. The lowest BCUT2D eigenvalue weighted by atomic mass is 9.94. The number of ether oxygens (including phenoxy) is 1. The Morgan fingerprint density at radius 1 is 1.27 bits per heavy atom. The average Bonchev–Trinajstić information content (AvgIpc) is 3.32. The van der Waals surface area contributed by atoms with Gasteiger partial charge in [-0.25, -0.2) is 18.7 Å². The van der Waals surface area contributed by atoms with Crippen LogP contribution in [-0.2, 0) is 4.79 Å². The normalized spacial score (nSPS) is 20.5. The standard InChI is InChI=1S/C18H20F2N4O2/c19-18(20)7-5-13(6-8-18)26-17-15-11(9-21-16(15)22-10-23-17)1-4-14(25)24-12-2-3-12/h1,4,9-10,12-13H,2-3,5-8H2,(H,24,25)(H,21,22,23)/b4-1+. The fraction of sp³-hybridized carbons (Fsp3) is 0.500. The molecule has 1 amide bonds. The van der Waals surface area contributed by atoms with E-state index in [1.165, 1.54) is 12.4 Å². The predicted molar refractivity (Wildman–Crippen MR) is 91.9 cm³/mol. The van der Waals surface area contributed by atoms with Crippen molar-refractivity contribution in [3.8, 4) is 5.88 Å². The van der Waals surface area contributed by atoms with E-state index < -0.39 is 5.92 Å². The van der Waals surface area contributed by atoms with Crippen molar-refractivity contribution in [1.82, 2.24) is 20.3 Å². The summed E-state index contributed by atoms with van der Waals surface area (Å²) in [7, 11) is 0. The zero-order valence-electron chi connectivity index (χ0n) is 14.2. The number of H-pyrrole nitrogens is 1. The molecule has 0 saturated heterocycles. The van der Waals surface area contributed by atoms with E-state index in [1.54, 1.807) is 12.3 Å². The Hall–Kier alpha value is -2.51. The molecule has 2 aromatic heterocycles. The number of carbonyl (C=O) groups is 1. The number of nitrogens with one attached hydrogen (secondary N) is 2. The third-order valence-electron chi connectivity index (χ3n) is 4.75. The molecule has 2 fully saturated rings. The van der Waals surface area contributed by atoms with Gasteiger partial charge in [-0.2, -0.15) is 0 Å². The Morgan fingerprint density at radius 3 is 2.77 bits per heavy atom. The smallest absolute Gasteiger partial charge is 0.248 e. The Labute approximate surface area is 149 Å². The van der Waals surface area contributed by atoms with E-state index in [4.69, 9.17) is 4.74 Å². The van der Waals surface area contributed by atoms with Crippen LogP contribution in [0.1, 0.15) is 44.1 Å². The molecule has 2 aliphatic rings. The fourth-order valence-corrected chi connectivity index (χ4v) is 3.11. The van der Waals surface area contributed by atoms with Crippen molar-refractivity contribution in [1.29, 1.82) is 0 Å². The van der Waals surface area contributed by atoms with Crippen LogP contribution in [0.15, 0.2) is 18.6 Å². The number of alkyl halides is 2. The van der Waals surface area contributed by atoms with Gasteiger partial charge in [0.15, 0.2) is 0 Å². The maximum absolute atomic E-state index is 13.3. The number of aromatic nitrogens is 3. The number of fused-ring (bicyclic) bond motifs is 1. The number of nitrogens with zero attached hydrogens (tertiary/aromatic N) is 2. The summed E-state index contributed by atoms with van der Waals surface area (Å²) >= 11 is 0. The van der Waals surface area contributed by atoms with Gasteiger partial charge in [0.05, 0.1) is 5.39 Å². The van der Waals surface area contributed by atoms with E-state index >= 15 is 0 Å². The van der Waals surface area contributed by atoms with Crippen molar-refractivity contribution in [3.05, 3.63) is 24.2 Å². The summed E-state index contributed by atoms with van der Waals surface area (Å²) in [4.78, 5) is 23.2. The molecule has 4 rings (SSSR count). The van der Waals surface area contributed by atoms with Crippen LogP contribution < -0.4 is 10.1 Å². The molecule has 2 saturated carbocycles. The molecule has 2 N–H and O–H groups in total. The highest BCUT2D eigenvalue weighted by atomic mass is 19.3. The van der Waals surface area contributed by atoms with Crippen molar-refractivity contribution in [3.63, 3.8) is 0 Å². The lowest BCUT2D eigenvalue weighted by Gasteiger charge is -2.28. The number of rotatable bonds is 5. The van der Waals surface area contributed by atoms with Crippen LogP contribution in [0.5, 0.6) is 5.88 Å². The molecule has 0 unspecified atom stereocenters. The van der Waals surface area contributed by atoms with Gasteiger partial charge >= 0.3 is 0 Å². The lowest BCUT2D eigenvalue weighted by Crippen LogP contribution is -2.31. The molecule has 2 heterocycles. The monoisotopic (exact) mass is 362 g/mol. The Bertz CT molecular complexity index is 835. The van der Waals surface area contributed by atoms with E-state index in [1.807, 2.05) is 0 Å². The minimum atomic E-state index is -2.60. The van der Waals surface area contributed by atoms with E-state index in [0.29, 0.717) is 23.0 Å². The van der Waals surface area contributed by atoms with Crippen LogP contribution in [0.25, 0.3) is 17.1 Å². The van der Waals surface area contributed by atoms with Crippen LogP contribution >= 0.6 is 0 Å². The Balaban J connectivity index is 1.52. The summed E-state index contributed by atoms with van der Waals surface area (Å²) in [5, 5.41) is 3.54. The van der Waals surface area contributed by atoms with Gasteiger partial charge in [-0.1, -0.05) is 0 Å². The molecule has 0 aliphatic heterocycles. The largest absolute Gasteiger partial charge is 0.474 e. The van der Waals surface area contributed by atoms with Crippen molar-refractivity contribution in [2.45, 2.75) is 56.6 Å². The van der Waals surface area contributed by atoms with Crippen molar-refractivity contribution >= 4 is 23.0 Å². The molecule has 0 atom stereocenters. The van der Waals surface area contributed by atoms with Crippen molar-refractivity contribution < 1.29 is 18.3 Å². The third kappa shape index (κ3) is 3.84. The summed E-state index contributed by atoms with van der Waals surface area (Å²) in [5.41, 5.74) is 1.31. The maximum Gasteiger partial charge on any atom is 0.248 e. The molecular weight excluding hydrogens is 342 g/mol. The minimum Gasteiger partial charge on any atom is -0.474 e. The minimum absolute atomic E-state index is 0.143. The number of aromatic amines is 1. The number of hydrogen-bond acceptors (Lipinski definition) is 4. The molecule has 26 heavy (non-hydrogen) atoms. The Morgan fingerprint density at radius 2 is 2.04 bits per heavy atom. The second-order valence-corrected chi connectivity index (χ2v) is 6.94. The molecule has 2 aliphatic carbocycles. The number of hydrogen-bond donors (Lipinski definition) is 2. The molecule has 8 heteroatoms. The summed E-state index contributed by atoms with van der Waals surface area (Å²) in [6, 6.07) is 0.293. The molecule has 0 aromatic carbocycles. The second-order valence-electron chi connectivity index (χ2n) is 6.94. The van der Waals surface area contributed by atoms with Gasteiger partial charge in [-0.15, -0.1) is 0 Å². The van der Waals surface area contributed by atoms with Crippen molar-refractivity contribution in [2.75, 3.05) is 0 Å². The van der Waals surface area contributed by atoms with Gasteiger partial charge in [0.25, 0.3) is 0 Å². The van der Waals surface area contributed by atoms with Crippen LogP contribution in [-0.4, -0.2) is 38.9 Å². The second kappa shape index (κ2) is 6.66. The highest BCUT2D eigenvalue weighted by Gasteiger charge is 2.36. The van der Waals surface area contributed by atoms with E-state index in [0.717, 1.165) is 18.4 Å². The van der Waals surface area contributed by atoms with Gasteiger partial charge in [0, 0.05) is 36.7 Å². The summed E-state index contributed by atoms with van der Waals surface area (Å²) in [6.07, 6.45) is 8.24. The van der Waals surface area contributed by atoms with Gasteiger partial charge in [0.1, 0.15) is 18.1 Å². The third-order valence-corrected chi connectivity index (χ3v) is 4.75. The van der Waals surface area contributed by atoms with Gasteiger partial charge in [-0.05, 0) is 31.8 Å². The molecule has 0 spiro atoms. The highest BCUT2D eigenvalue weighted by molar-refractivity contribution is 5.97. The average molecular weight is 362 g/mol. The van der Waals surface area contributed by atoms with Gasteiger partial charge in [0.2, 0.25) is 17.7 Å². The first-order valence-corrected chi connectivity index (χ1v) is 8.85. The number of amides is 1. The number of halogens is 2. The molecule has 138 valence electrons. The molecule has 2 aromatic rings.